The Bertz CT molecular complexity index is 589. The smallest absolute Gasteiger partial charge is 0.131 e. The van der Waals surface area contributed by atoms with Gasteiger partial charge in [-0.15, -0.1) is 0 Å². The van der Waals surface area contributed by atoms with Crippen molar-refractivity contribution < 1.29 is 4.39 Å². The number of nitrogens with zero attached hydrogens (tertiary/aromatic N) is 1. The third-order valence-electron chi connectivity index (χ3n) is 3.44. The molecule has 0 aliphatic rings. The van der Waals surface area contributed by atoms with Crippen LogP contribution in [0, 0.1) is 5.82 Å². The lowest BCUT2D eigenvalue weighted by Gasteiger charge is -2.13. The number of halogens is 1. The number of benzene rings is 2. The molecule has 0 aliphatic carbocycles. The SMILES string of the molecule is CC(C)NCc1ccc(-c2ccc(N(C)C)cc2)c(F)c1. The van der Waals surface area contributed by atoms with Crippen LogP contribution in [0.5, 0.6) is 0 Å². The molecule has 0 unspecified atom stereocenters. The third-order valence-corrected chi connectivity index (χ3v) is 3.44. The average molecular weight is 286 g/mol. The van der Waals surface area contributed by atoms with Crippen molar-refractivity contribution in [2.45, 2.75) is 26.4 Å². The van der Waals surface area contributed by atoms with Crippen molar-refractivity contribution in [3.05, 3.63) is 53.8 Å². The Morgan fingerprint density at radius 3 is 2.24 bits per heavy atom. The summed E-state index contributed by atoms with van der Waals surface area (Å²) in [7, 11) is 3.98. The molecular weight excluding hydrogens is 263 g/mol. The highest BCUT2D eigenvalue weighted by molar-refractivity contribution is 5.67. The van der Waals surface area contributed by atoms with E-state index in [2.05, 4.69) is 19.2 Å². The fourth-order valence-corrected chi connectivity index (χ4v) is 2.16. The molecule has 0 radical (unpaired) electrons. The van der Waals surface area contributed by atoms with Gasteiger partial charge in [-0.2, -0.15) is 0 Å². The maximum absolute atomic E-state index is 14.3. The average Bonchev–Trinajstić information content (AvgIpc) is 2.45. The van der Waals surface area contributed by atoms with E-state index in [1.807, 2.05) is 55.4 Å². The standard InChI is InChI=1S/C18H23FN2/c1-13(2)20-12-14-5-10-17(18(19)11-14)15-6-8-16(9-7-15)21(3)4/h5-11,13,20H,12H2,1-4H3. The van der Waals surface area contributed by atoms with Crippen LogP contribution in [0.25, 0.3) is 11.1 Å². The van der Waals surface area contributed by atoms with E-state index >= 15 is 0 Å². The monoisotopic (exact) mass is 286 g/mol. The zero-order chi connectivity index (χ0) is 15.4. The molecule has 0 spiro atoms. The molecule has 0 heterocycles. The summed E-state index contributed by atoms with van der Waals surface area (Å²) >= 11 is 0. The van der Waals surface area contributed by atoms with Crippen LogP contribution in [-0.4, -0.2) is 20.1 Å². The van der Waals surface area contributed by atoms with Crippen LogP contribution in [0.3, 0.4) is 0 Å². The van der Waals surface area contributed by atoms with Gasteiger partial charge in [-0.05, 0) is 29.3 Å². The fourth-order valence-electron chi connectivity index (χ4n) is 2.16. The molecule has 0 saturated carbocycles. The summed E-state index contributed by atoms with van der Waals surface area (Å²) in [5.41, 5.74) is 3.63. The lowest BCUT2D eigenvalue weighted by Crippen LogP contribution is -2.21. The predicted molar refractivity (Wildman–Crippen MR) is 88.1 cm³/mol. The topological polar surface area (TPSA) is 15.3 Å². The molecular formula is C18H23FN2. The maximum atomic E-state index is 14.3. The Kier molecular flexibility index (Phi) is 4.97. The maximum Gasteiger partial charge on any atom is 0.131 e. The van der Waals surface area contributed by atoms with Gasteiger partial charge in [-0.25, -0.2) is 4.39 Å². The summed E-state index contributed by atoms with van der Waals surface area (Å²) in [4.78, 5) is 2.03. The molecule has 2 rings (SSSR count). The van der Waals surface area contributed by atoms with Gasteiger partial charge in [0.1, 0.15) is 5.82 Å². The van der Waals surface area contributed by atoms with E-state index in [-0.39, 0.29) is 5.82 Å². The van der Waals surface area contributed by atoms with Crippen LogP contribution < -0.4 is 10.2 Å². The Labute approximate surface area is 126 Å². The molecule has 1 N–H and O–H groups in total. The molecule has 0 bridgehead atoms. The first-order valence-electron chi connectivity index (χ1n) is 7.27. The van der Waals surface area contributed by atoms with E-state index in [1.165, 1.54) is 0 Å². The van der Waals surface area contributed by atoms with Gasteiger partial charge in [0.2, 0.25) is 0 Å². The van der Waals surface area contributed by atoms with Gasteiger partial charge in [0, 0.05) is 37.9 Å². The zero-order valence-electron chi connectivity index (χ0n) is 13.2. The molecule has 3 heteroatoms. The second kappa shape index (κ2) is 6.72. The molecule has 2 aromatic rings. The largest absolute Gasteiger partial charge is 0.378 e. The molecule has 2 aromatic carbocycles. The minimum absolute atomic E-state index is 0.171. The van der Waals surface area contributed by atoms with Crippen LogP contribution >= 0.6 is 0 Å². The molecule has 2 nitrogen and oxygen atoms in total. The van der Waals surface area contributed by atoms with Crippen molar-refractivity contribution in [3.8, 4) is 11.1 Å². The molecule has 0 aromatic heterocycles. The number of hydrogen-bond donors (Lipinski definition) is 1. The Morgan fingerprint density at radius 2 is 1.71 bits per heavy atom. The molecule has 112 valence electrons. The highest BCUT2D eigenvalue weighted by Crippen LogP contribution is 2.25. The molecule has 0 amide bonds. The van der Waals surface area contributed by atoms with Gasteiger partial charge in [0.15, 0.2) is 0 Å². The Hall–Kier alpha value is -1.87. The van der Waals surface area contributed by atoms with Crippen molar-refractivity contribution in [1.29, 1.82) is 0 Å². The second-order valence-corrected chi connectivity index (χ2v) is 5.79. The van der Waals surface area contributed by atoms with Crippen LogP contribution in [0.2, 0.25) is 0 Å². The van der Waals surface area contributed by atoms with E-state index in [9.17, 15) is 4.39 Å². The van der Waals surface area contributed by atoms with E-state index in [0.717, 1.165) is 16.8 Å². The summed E-state index contributed by atoms with van der Waals surface area (Å²) in [5, 5.41) is 3.30. The highest BCUT2D eigenvalue weighted by Gasteiger charge is 2.07. The van der Waals surface area contributed by atoms with Crippen LogP contribution in [0.4, 0.5) is 10.1 Å². The first-order chi connectivity index (χ1) is 9.97. The quantitative estimate of drug-likeness (QED) is 0.892. The van der Waals surface area contributed by atoms with Crippen molar-refractivity contribution in [3.63, 3.8) is 0 Å². The fraction of sp³-hybridized carbons (Fsp3) is 0.333. The minimum Gasteiger partial charge on any atom is -0.378 e. The van der Waals surface area contributed by atoms with Gasteiger partial charge < -0.3 is 10.2 Å². The Morgan fingerprint density at radius 1 is 1.05 bits per heavy atom. The Balaban J connectivity index is 2.20. The summed E-state index contributed by atoms with van der Waals surface area (Å²) in [6, 6.07) is 13.8. The third kappa shape index (κ3) is 4.05. The van der Waals surface area contributed by atoms with Gasteiger partial charge in [-0.1, -0.05) is 38.1 Å². The molecule has 21 heavy (non-hydrogen) atoms. The molecule has 0 fully saturated rings. The zero-order valence-corrected chi connectivity index (χ0v) is 13.2. The predicted octanol–water partition coefficient (Wildman–Crippen LogP) is 4.06. The summed E-state index contributed by atoms with van der Waals surface area (Å²) in [6.07, 6.45) is 0. The van der Waals surface area contributed by atoms with E-state index in [4.69, 9.17) is 0 Å². The first-order valence-corrected chi connectivity index (χ1v) is 7.27. The highest BCUT2D eigenvalue weighted by atomic mass is 19.1. The number of rotatable bonds is 5. The second-order valence-electron chi connectivity index (χ2n) is 5.79. The first kappa shape index (κ1) is 15.5. The van der Waals surface area contributed by atoms with Crippen molar-refractivity contribution >= 4 is 5.69 Å². The van der Waals surface area contributed by atoms with Crippen molar-refractivity contribution in [1.82, 2.24) is 5.32 Å². The van der Waals surface area contributed by atoms with Gasteiger partial charge in [-0.3, -0.25) is 0 Å². The van der Waals surface area contributed by atoms with Crippen LogP contribution in [0.1, 0.15) is 19.4 Å². The van der Waals surface area contributed by atoms with Gasteiger partial charge in [0.25, 0.3) is 0 Å². The molecule has 0 aliphatic heterocycles. The van der Waals surface area contributed by atoms with Crippen molar-refractivity contribution in [2.75, 3.05) is 19.0 Å². The number of nitrogens with one attached hydrogen (secondary N) is 1. The number of hydrogen-bond acceptors (Lipinski definition) is 2. The van der Waals surface area contributed by atoms with Crippen LogP contribution in [0.15, 0.2) is 42.5 Å². The number of anilines is 1. The summed E-state index contributed by atoms with van der Waals surface area (Å²) in [6.45, 7) is 4.85. The van der Waals surface area contributed by atoms with E-state index in [1.54, 1.807) is 6.07 Å². The van der Waals surface area contributed by atoms with Gasteiger partial charge in [0.05, 0.1) is 0 Å². The lowest BCUT2D eigenvalue weighted by molar-refractivity contribution is 0.582. The van der Waals surface area contributed by atoms with Crippen LogP contribution in [-0.2, 0) is 6.54 Å². The summed E-state index contributed by atoms with van der Waals surface area (Å²) < 4.78 is 14.3. The molecule has 0 atom stereocenters. The van der Waals surface area contributed by atoms with Crippen molar-refractivity contribution in [2.24, 2.45) is 0 Å². The molecule has 0 saturated heterocycles. The van der Waals surface area contributed by atoms with E-state index < -0.39 is 0 Å². The normalized spacial score (nSPS) is 11.0. The minimum atomic E-state index is -0.171. The van der Waals surface area contributed by atoms with E-state index in [0.29, 0.717) is 18.2 Å². The summed E-state index contributed by atoms with van der Waals surface area (Å²) in [5.74, 6) is -0.171. The van der Waals surface area contributed by atoms with Gasteiger partial charge >= 0.3 is 0 Å². The lowest BCUT2D eigenvalue weighted by atomic mass is 10.0.